The fourth-order valence-electron chi connectivity index (χ4n) is 1.78. The molecule has 0 saturated heterocycles. The van der Waals surface area contributed by atoms with Gasteiger partial charge in [-0.1, -0.05) is 18.2 Å². The summed E-state index contributed by atoms with van der Waals surface area (Å²) in [5.41, 5.74) is 6.28. The average Bonchev–Trinajstić information content (AvgIpc) is 2.29. The molecule has 1 atom stereocenters. The van der Waals surface area contributed by atoms with Crippen molar-refractivity contribution in [3.63, 3.8) is 0 Å². The normalized spacial score (nSPS) is 11.9. The van der Waals surface area contributed by atoms with Gasteiger partial charge in [-0.25, -0.2) is 0 Å². The van der Waals surface area contributed by atoms with E-state index in [9.17, 15) is 9.59 Å². The van der Waals surface area contributed by atoms with Crippen LogP contribution in [0.15, 0.2) is 24.3 Å². The van der Waals surface area contributed by atoms with Crippen LogP contribution in [0.3, 0.4) is 0 Å². The average molecular weight is 360 g/mol. The van der Waals surface area contributed by atoms with Crippen molar-refractivity contribution < 1.29 is 9.59 Å². The number of amides is 2. The minimum Gasteiger partial charge on any atom is -0.370 e. The van der Waals surface area contributed by atoms with E-state index in [1.807, 2.05) is 24.3 Å². The quantitative estimate of drug-likeness (QED) is 0.808. The Labute approximate surface area is 121 Å². The van der Waals surface area contributed by atoms with Crippen LogP contribution < -0.4 is 5.73 Å². The number of rotatable bonds is 5. The second-order valence-corrected chi connectivity index (χ2v) is 5.56. The summed E-state index contributed by atoms with van der Waals surface area (Å²) in [6.45, 7) is 0. The molecular formula is C13H17IN2O2. The molecule has 0 spiro atoms. The van der Waals surface area contributed by atoms with Crippen LogP contribution in [0.1, 0.15) is 12.0 Å². The van der Waals surface area contributed by atoms with E-state index in [-0.39, 0.29) is 18.2 Å². The lowest BCUT2D eigenvalue weighted by atomic mass is 9.94. The highest BCUT2D eigenvalue weighted by Gasteiger charge is 2.23. The van der Waals surface area contributed by atoms with Crippen LogP contribution >= 0.6 is 22.6 Å². The molecule has 0 aliphatic rings. The highest BCUT2D eigenvalue weighted by Crippen LogP contribution is 2.19. The van der Waals surface area contributed by atoms with Gasteiger partial charge in [0.25, 0.3) is 0 Å². The predicted octanol–water partition coefficient (Wildman–Crippen LogP) is 1.41. The van der Waals surface area contributed by atoms with Crippen LogP contribution in [0.4, 0.5) is 0 Å². The van der Waals surface area contributed by atoms with Gasteiger partial charge >= 0.3 is 0 Å². The molecule has 1 aromatic rings. The maximum Gasteiger partial charge on any atom is 0.226 e. The number of carbonyl (C=O) groups excluding carboxylic acids is 2. The first-order valence-corrected chi connectivity index (χ1v) is 6.72. The van der Waals surface area contributed by atoms with Gasteiger partial charge < -0.3 is 10.6 Å². The number of hydrogen-bond donors (Lipinski definition) is 1. The lowest BCUT2D eigenvalue weighted by Crippen LogP contribution is -2.33. The molecular weight excluding hydrogens is 343 g/mol. The van der Waals surface area contributed by atoms with E-state index in [0.29, 0.717) is 6.42 Å². The molecule has 2 amide bonds. The lowest BCUT2D eigenvalue weighted by Gasteiger charge is -2.20. The third-order valence-corrected chi connectivity index (χ3v) is 3.71. The van der Waals surface area contributed by atoms with Gasteiger partial charge in [0.2, 0.25) is 11.8 Å². The van der Waals surface area contributed by atoms with E-state index in [1.54, 1.807) is 14.1 Å². The third kappa shape index (κ3) is 4.29. The van der Waals surface area contributed by atoms with Gasteiger partial charge in [-0.2, -0.15) is 0 Å². The number of nitrogens with zero attached hydrogens (tertiary/aromatic N) is 1. The predicted molar refractivity (Wildman–Crippen MR) is 78.9 cm³/mol. The summed E-state index contributed by atoms with van der Waals surface area (Å²) < 4.78 is 1.09. The highest BCUT2D eigenvalue weighted by molar-refractivity contribution is 14.1. The van der Waals surface area contributed by atoms with Gasteiger partial charge in [0.05, 0.1) is 5.92 Å². The molecule has 0 fully saturated rings. The number of primary amides is 1. The Hall–Kier alpha value is -1.11. The SMILES string of the molecule is CN(C)C(=O)C(CC(N)=O)Cc1ccccc1I. The van der Waals surface area contributed by atoms with E-state index in [0.717, 1.165) is 9.13 Å². The van der Waals surface area contributed by atoms with Crippen molar-refractivity contribution in [1.82, 2.24) is 4.90 Å². The molecule has 0 bridgehead atoms. The highest BCUT2D eigenvalue weighted by atomic mass is 127. The van der Waals surface area contributed by atoms with Crippen LogP contribution in [0, 0.1) is 9.49 Å². The molecule has 18 heavy (non-hydrogen) atoms. The van der Waals surface area contributed by atoms with Crippen LogP contribution in [-0.2, 0) is 16.0 Å². The molecule has 0 radical (unpaired) electrons. The van der Waals surface area contributed by atoms with Gasteiger partial charge in [-0.15, -0.1) is 0 Å². The summed E-state index contributed by atoms with van der Waals surface area (Å²) >= 11 is 2.23. The smallest absolute Gasteiger partial charge is 0.226 e. The summed E-state index contributed by atoms with van der Waals surface area (Å²) in [6, 6.07) is 7.83. The minimum absolute atomic E-state index is 0.0616. The minimum atomic E-state index is -0.443. The van der Waals surface area contributed by atoms with Crippen LogP contribution in [0.5, 0.6) is 0 Å². The second-order valence-electron chi connectivity index (χ2n) is 4.40. The summed E-state index contributed by atoms with van der Waals surface area (Å²) in [5, 5.41) is 0. The maximum atomic E-state index is 12.0. The Kier molecular flexibility index (Phi) is 5.58. The van der Waals surface area contributed by atoms with Crippen molar-refractivity contribution in [2.75, 3.05) is 14.1 Å². The molecule has 1 rings (SSSR count). The van der Waals surface area contributed by atoms with E-state index >= 15 is 0 Å². The molecule has 0 heterocycles. The molecule has 1 aromatic carbocycles. The number of benzene rings is 1. The first-order valence-electron chi connectivity index (χ1n) is 5.64. The van der Waals surface area contributed by atoms with Gasteiger partial charge in [-0.3, -0.25) is 9.59 Å². The van der Waals surface area contributed by atoms with Crippen LogP contribution in [0.2, 0.25) is 0 Å². The first kappa shape index (κ1) is 14.9. The van der Waals surface area contributed by atoms with E-state index < -0.39 is 5.91 Å². The van der Waals surface area contributed by atoms with Crippen molar-refractivity contribution in [2.45, 2.75) is 12.8 Å². The maximum absolute atomic E-state index is 12.0. The second kappa shape index (κ2) is 6.72. The van der Waals surface area contributed by atoms with Gasteiger partial charge in [0, 0.05) is 24.1 Å². The van der Waals surface area contributed by atoms with Crippen LogP contribution in [0.25, 0.3) is 0 Å². The van der Waals surface area contributed by atoms with Crippen molar-refractivity contribution in [3.05, 3.63) is 33.4 Å². The molecule has 5 heteroatoms. The standard InChI is InChI=1S/C13H17IN2O2/c1-16(2)13(18)10(8-12(15)17)7-9-5-3-4-6-11(9)14/h3-6,10H,7-8H2,1-2H3,(H2,15,17). The lowest BCUT2D eigenvalue weighted by molar-refractivity contribution is -0.135. The fraction of sp³-hybridized carbons (Fsp3) is 0.385. The molecule has 0 aliphatic heterocycles. The molecule has 98 valence electrons. The summed E-state index contributed by atoms with van der Waals surface area (Å²) in [6.07, 6.45) is 0.626. The Morgan fingerprint density at radius 3 is 2.44 bits per heavy atom. The molecule has 2 N–H and O–H groups in total. The Balaban J connectivity index is 2.88. The zero-order valence-electron chi connectivity index (χ0n) is 10.5. The number of hydrogen-bond acceptors (Lipinski definition) is 2. The topological polar surface area (TPSA) is 63.4 Å². The molecule has 0 aliphatic carbocycles. The summed E-state index contributed by atoms with van der Waals surface area (Å²) in [4.78, 5) is 24.6. The van der Waals surface area contributed by atoms with Crippen molar-refractivity contribution in [2.24, 2.45) is 11.7 Å². The van der Waals surface area contributed by atoms with E-state index in [1.165, 1.54) is 4.90 Å². The van der Waals surface area contributed by atoms with Crippen LogP contribution in [-0.4, -0.2) is 30.8 Å². The Bertz CT molecular complexity index is 446. The summed E-state index contributed by atoms with van der Waals surface area (Å²) in [7, 11) is 3.37. The number of carbonyl (C=O) groups is 2. The zero-order valence-corrected chi connectivity index (χ0v) is 12.7. The monoisotopic (exact) mass is 360 g/mol. The summed E-state index contributed by atoms with van der Waals surface area (Å²) in [5.74, 6) is -0.886. The number of halogens is 1. The van der Waals surface area contributed by atoms with Gasteiger partial charge in [0.15, 0.2) is 0 Å². The Morgan fingerprint density at radius 2 is 1.94 bits per heavy atom. The zero-order chi connectivity index (χ0) is 13.7. The third-order valence-electron chi connectivity index (χ3n) is 2.66. The molecule has 0 aromatic heterocycles. The van der Waals surface area contributed by atoms with Gasteiger partial charge in [-0.05, 0) is 40.6 Å². The van der Waals surface area contributed by atoms with E-state index in [2.05, 4.69) is 22.6 Å². The Morgan fingerprint density at radius 1 is 1.33 bits per heavy atom. The van der Waals surface area contributed by atoms with Crippen molar-refractivity contribution in [1.29, 1.82) is 0 Å². The molecule has 1 unspecified atom stereocenters. The van der Waals surface area contributed by atoms with Crippen molar-refractivity contribution >= 4 is 34.4 Å². The fourth-order valence-corrected chi connectivity index (χ4v) is 2.39. The number of nitrogens with two attached hydrogens (primary N) is 1. The van der Waals surface area contributed by atoms with E-state index in [4.69, 9.17) is 5.73 Å². The molecule has 0 saturated carbocycles. The first-order chi connectivity index (χ1) is 8.41. The largest absolute Gasteiger partial charge is 0.370 e. The van der Waals surface area contributed by atoms with Gasteiger partial charge in [0.1, 0.15) is 0 Å². The van der Waals surface area contributed by atoms with Crippen molar-refractivity contribution in [3.8, 4) is 0 Å². The molecule has 4 nitrogen and oxygen atoms in total.